The molecule has 0 unspecified atom stereocenters. The molecule has 156 valence electrons. The number of hydrogen-bond acceptors (Lipinski definition) is 5. The normalized spacial score (nSPS) is 26.8. The standard InChI is InChI=1S/C21H31B2NO5/c1-18(2)19(3,4)27-22(26-18)15-9-10-16-14(13-15)11-12-24(17(16)25)23-28-20(5,6)21(7,8)29-23/h9-10,13H,11-12H2,1-8H3. The number of carbonyl (C=O) groups is 1. The molecule has 0 saturated carbocycles. The Morgan fingerprint density at radius 3 is 1.90 bits per heavy atom. The van der Waals surface area contributed by atoms with Crippen molar-refractivity contribution in [2.24, 2.45) is 0 Å². The highest BCUT2D eigenvalue weighted by Gasteiger charge is 2.56. The molecule has 3 aliphatic rings. The summed E-state index contributed by atoms with van der Waals surface area (Å²) in [5.41, 5.74) is 0.909. The molecular weight excluding hydrogens is 368 g/mol. The minimum atomic E-state index is -0.663. The Labute approximate surface area is 174 Å². The third-order valence-corrected chi connectivity index (χ3v) is 7.26. The van der Waals surface area contributed by atoms with E-state index in [4.69, 9.17) is 18.6 Å². The summed E-state index contributed by atoms with van der Waals surface area (Å²) in [5.74, 6) is -0.0646. The second-order valence-electron chi connectivity index (χ2n) is 10.3. The van der Waals surface area contributed by atoms with Crippen molar-refractivity contribution in [1.82, 2.24) is 4.81 Å². The highest BCUT2D eigenvalue weighted by molar-refractivity contribution is 6.62. The SMILES string of the molecule is CC1(C)OB(c2ccc3c(c2)CCN(B2OC(C)(C)C(C)(C)O2)C3=O)OC1(C)C. The molecule has 1 amide bonds. The number of nitrogens with zero attached hydrogens (tertiary/aromatic N) is 1. The van der Waals surface area contributed by atoms with Crippen LogP contribution >= 0.6 is 0 Å². The quantitative estimate of drug-likeness (QED) is 0.716. The maximum atomic E-state index is 13.2. The summed E-state index contributed by atoms with van der Waals surface area (Å²) in [6, 6.07) is 5.83. The molecule has 3 aliphatic heterocycles. The van der Waals surface area contributed by atoms with Crippen LogP contribution in [-0.2, 0) is 25.0 Å². The zero-order valence-electron chi connectivity index (χ0n) is 18.8. The van der Waals surface area contributed by atoms with Crippen molar-refractivity contribution in [2.75, 3.05) is 6.54 Å². The van der Waals surface area contributed by atoms with Crippen LogP contribution in [0.2, 0.25) is 0 Å². The topological polar surface area (TPSA) is 57.2 Å². The summed E-state index contributed by atoms with van der Waals surface area (Å²) in [5, 5.41) is 0. The van der Waals surface area contributed by atoms with Gasteiger partial charge in [-0.1, -0.05) is 12.1 Å². The van der Waals surface area contributed by atoms with Gasteiger partial charge in [0.25, 0.3) is 0 Å². The Morgan fingerprint density at radius 1 is 0.828 bits per heavy atom. The predicted octanol–water partition coefficient (Wildman–Crippen LogP) is 2.57. The second kappa shape index (κ2) is 6.33. The first-order valence-corrected chi connectivity index (χ1v) is 10.4. The highest BCUT2D eigenvalue weighted by Crippen LogP contribution is 2.39. The molecule has 0 bridgehead atoms. The Hall–Kier alpha value is -1.34. The van der Waals surface area contributed by atoms with Gasteiger partial charge in [0, 0.05) is 12.1 Å². The Balaban J connectivity index is 1.55. The van der Waals surface area contributed by atoms with Gasteiger partial charge in [-0.25, -0.2) is 0 Å². The van der Waals surface area contributed by atoms with Crippen LogP contribution in [0.3, 0.4) is 0 Å². The third kappa shape index (κ3) is 3.25. The molecule has 6 nitrogen and oxygen atoms in total. The molecule has 0 aromatic heterocycles. The lowest BCUT2D eigenvalue weighted by Crippen LogP contribution is -2.50. The van der Waals surface area contributed by atoms with Crippen molar-refractivity contribution in [3.63, 3.8) is 0 Å². The maximum absolute atomic E-state index is 13.2. The van der Waals surface area contributed by atoms with E-state index in [-0.39, 0.29) is 5.91 Å². The third-order valence-electron chi connectivity index (χ3n) is 7.26. The van der Waals surface area contributed by atoms with E-state index >= 15 is 0 Å². The fraction of sp³-hybridized carbons (Fsp3) is 0.667. The van der Waals surface area contributed by atoms with Crippen LogP contribution in [0.25, 0.3) is 0 Å². The van der Waals surface area contributed by atoms with Gasteiger partial charge in [0.2, 0.25) is 5.91 Å². The van der Waals surface area contributed by atoms with E-state index in [1.54, 1.807) is 4.81 Å². The fourth-order valence-corrected chi connectivity index (χ4v) is 3.79. The molecular formula is C21H31B2NO5. The predicted molar refractivity (Wildman–Crippen MR) is 113 cm³/mol. The molecule has 0 N–H and O–H groups in total. The van der Waals surface area contributed by atoms with Gasteiger partial charge >= 0.3 is 14.4 Å². The first kappa shape index (κ1) is 20.9. The summed E-state index contributed by atoms with van der Waals surface area (Å²) in [6.07, 6.45) is 0.735. The van der Waals surface area contributed by atoms with E-state index in [1.165, 1.54) is 0 Å². The number of hydrogen-bond donors (Lipinski definition) is 0. The smallest absolute Gasteiger partial charge is 0.399 e. The molecule has 4 rings (SSSR count). The van der Waals surface area contributed by atoms with Crippen molar-refractivity contribution in [2.45, 2.75) is 84.2 Å². The first-order valence-electron chi connectivity index (χ1n) is 10.4. The minimum absolute atomic E-state index is 0.0646. The molecule has 29 heavy (non-hydrogen) atoms. The van der Waals surface area contributed by atoms with Crippen LogP contribution in [-0.4, -0.2) is 54.0 Å². The maximum Gasteiger partial charge on any atom is 0.596 e. The number of fused-ring (bicyclic) bond motifs is 1. The Bertz CT molecular complexity index is 819. The second-order valence-corrected chi connectivity index (χ2v) is 10.3. The molecule has 2 fully saturated rings. The summed E-state index contributed by atoms with van der Waals surface area (Å²) < 4.78 is 24.5. The lowest BCUT2D eigenvalue weighted by Gasteiger charge is -2.32. The molecule has 1 aromatic carbocycles. The monoisotopic (exact) mass is 399 g/mol. The van der Waals surface area contributed by atoms with E-state index < -0.39 is 36.8 Å². The Morgan fingerprint density at radius 2 is 1.34 bits per heavy atom. The van der Waals surface area contributed by atoms with Gasteiger partial charge in [-0.15, -0.1) is 0 Å². The average molecular weight is 399 g/mol. The van der Waals surface area contributed by atoms with E-state index in [2.05, 4.69) is 0 Å². The molecule has 0 radical (unpaired) electrons. The van der Waals surface area contributed by atoms with Gasteiger partial charge in [0.15, 0.2) is 0 Å². The minimum Gasteiger partial charge on any atom is -0.399 e. The number of carbonyl (C=O) groups excluding carboxylic acids is 1. The van der Waals surface area contributed by atoms with Gasteiger partial charge in [0.1, 0.15) is 0 Å². The van der Waals surface area contributed by atoms with E-state index in [9.17, 15) is 4.79 Å². The zero-order chi connectivity index (χ0) is 21.4. The molecule has 3 heterocycles. The van der Waals surface area contributed by atoms with Crippen molar-refractivity contribution in [3.05, 3.63) is 29.3 Å². The molecule has 2 saturated heterocycles. The summed E-state index contributed by atoms with van der Waals surface area (Å²) >= 11 is 0. The van der Waals surface area contributed by atoms with E-state index in [0.29, 0.717) is 12.1 Å². The molecule has 0 spiro atoms. The molecule has 8 heteroatoms. The summed E-state index contributed by atoms with van der Waals surface area (Å²) in [6.45, 7) is 16.7. The summed E-state index contributed by atoms with van der Waals surface area (Å²) in [4.78, 5) is 14.9. The van der Waals surface area contributed by atoms with Crippen molar-refractivity contribution in [1.29, 1.82) is 0 Å². The Kier molecular flexibility index (Phi) is 4.56. The molecule has 1 aromatic rings. The van der Waals surface area contributed by atoms with Crippen LogP contribution in [0, 0.1) is 0 Å². The van der Waals surface area contributed by atoms with Crippen LogP contribution in [0.4, 0.5) is 0 Å². The van der Waals surface area contributed by atoms with Crippen molar-refractivity contribution < 1.29 is 23.4 Å². The van der Waals surface area contributed by atoms with Crippen LogP contribution < -0.4 is 5.46 Å². The van der Waals surface area contributed by atoms with Gasteiger partial charge in [-0.3, -0.25) is 4.79 Å². The van der Waals surface area contributed by atoms with Gasteiger partial charge in [-0.05, 0) is 78.9 Å². The van der Waals surface area contributed by atoms with Crippen LogP contribution in [0.1, 0.15) is 71.3 Å². The van der Waals surface area contributed by atoms with Gasteiger partial charge in [-0.2, -0.15) is 0 Å². The van der Waals surface area contributed by atoms with Crippen molar-refractivity contribution in [3.8, 4) is 0 Å². The van der Waals surface area contributed by atoms with E-state index in [1.807, 2.05) is 73.6 Å². The molecule has 0 aliphatic carbocycles. The van der Waals surface area contributed by atoms with Crippen LogP contribution in [0.5, 0.6) is 0 Å². The molecule has 0 atom stereocenters. The average Bonchev–Trinajstić information content (AvgIpc) is 2.94. The van der Waals surface area contributed by atoms with E-state index in [0.717, 1.165) is 17.4 Å². The fourth-order valence-electron chi connectivity index (χ4n) is 3.79. The lowest BCUT2D eigenvalue weighted by molar-refractivity contribution is 0.00578. The van der Waals surface area contributed by atoms with Gasteiger partial charge < -0.3 is 23.4 Å². The number of benzene rings is 1. The van der Waals surface area contributed by atoms with Crippen LogP contribution in [0.15, 0.2) is 18.2 Å². The highest BCUT2D eigenvalue weighted by atomic mass is 16.7. The van der Waals surface area contributed by atoms with Gasteiger partial charge in [0.05, 0.1) is 22.4 Å². The lowest BCUT2D eigenvalue weighted by atomic mass is 9.76. The first-order chi connectivity index (χ1) is 13.2. The number of rotatable bonds is 2. The summed E-state index contributed by atoms with van der Waals surface area (Å²) in [7, 11) is -1.09. The largest absolute Gasteiger partial charge is 0.596 e. The zero-order valence-corrected chi connectivity index (χ0v) is 18.8. The number of amides is 1. The van der Waals surface area contributed by atoms with Crippen molar-refractivity contribution >= 4 is 25.7 Å².